The number of aromatic nitrogens is 3. The Kier molecular flexibility index (Phi) is 7.83. The molecule has 53 heavy (non-hydrogen) atoms. The summed E-state index contributed by atoms with van der Waals surface area (Å²) in [5.41, 5.74) is 14.9. The van der Waals surface area contributed by atoms with Crippen molar-refractivity contribution < 1.29 is 0 Å². The molecule has 0 saturated carbocycles. The molecular formula is C49H34N4. The number of rotatable bonds is 6. The molecule has 4 heteroatoms. The minimum atomic E-state index is -0.147. The molecule has 0 aliphatic heterocycles. The summed E-state index contributed by atoms with van der Waals surface area (Å²) in [7, 11) is 0. The molecule has 9 rings (SSSR count). The average molecular weight is 679 g/mol. The van der Waals surface area contributed by atoms with Gasteiger partial charge in [0.25, 0.3) is 0 Å². The van der Waals surface area contributed by atoms with Crippen LogP contribution in [0.15, 0.2) is 170 Å². The van der Waals surface area contributed by atoms with E-state index in [1.54, 1.807) is 0 Å². The summed E-state index contributed by atoms with van der Waals surface area (Å²) in [6, 6.07) is 61.1. The highest BCUT2D eigenvalue weighted by Crippen LogP contribution is 2.50. The van der Waals surface area contributed by atoms with Crippen molar-refractivity contribution in [2.45, 2.75) is 19.3 Å². The molecule has 250 valence electrons. The fraction of sp³-hybridized carbons (Fsp3) is 0.0612. The van der Waals surface area contributed by atoms with E-state index >= 15 is 0 Å². The van der Waals surface area contributed by atoms with Crippen LogP contribution in [0.25, 0.3) is 78.7 Å². The van der Waals surface area contributed by atoms with Gasteiger partial charge >= 0.3 is 0 Å². The maximum atomic E-state index is 9.91. The second-order valence-corrected chi connectivity index (χ2v) is 14.0. The van der Waals surface area contributed by atoms with E-state index in [1.807, 2.05) is 48.5 Å². The number of nitrogens with zero attached hydrogens (tertiary/aromatic N) is 4. The molecule has 0 N–H and O–H groups in total. The van der Waals surface area contributed by atoms with Crippen molar-refractivity contribution in [2.24, 2.45) is 0 Å². The highest BCUT2D eigenvalue weighted by atomic mass is 15.0. The lowest BCUT2D eigenvalue weighted by Crippen LogP contribution is -2.14. The van der Waals surface area contributed by atoms with Gasteiger partial charge in [-0.25, -0.2) is 15.0 Å². The van der Waals surface area contributed by atoms with Gasteiger partial charge in [-0.15, -0.1) is 0 Å². The van der Waals surface area contributed by atoms with Crippen LogP contribution in [-0.4, -0.2) is 15.0 Å². The van der Waals surface area contributed by atoms with Crippen molar-refractivity contribution in [2.75, 3.05) is 0 Å². The molecule has 0 amide bonds. The molecule has 7 aromatic carbocycles. The van der Waals surface area contributed by atoms with E-state index in [2.05, 4.69) is 141 Å². The van der Waals surface area contributed by atoms with Crippen LogP contribution in [-0.2, 0) is 5.41 Å². The SMILES string of the molecule is CC1(C)c2ccc(-c3ccc(-c4ccc(-c5nc(-c6ccccc6)nc(-c6ccc(-c7ccccc7)cc6)n5)cc4)cc3)cc2-c2c(C#N)cccc21. The Morgan fingerprint density at radius 3 is 1.28 bits per heavy atom. The molecule has 1 aliphatic rings. The van der Waals surface area contributed by atoms with Gasteiger partial charge in [0.1, 0.15) is 0 Å². The standard InChI is InChI=1S/C49H34N4/c1-49(2)43-29-28-40(30-42(43)45-41(31-50)14-9-15-44(45)49)36-18-16-34(17-19-36)35-22-26-39(27-23-35)48-52-46(37-12-7-4-8-13-37)51-47(53-48)38-24-20-33(21-25-38)32-10-5-3-6-11-32/h3-30H,1-2H3. The van der Waals surface area contributed by atoms with E-state index in [0.717, 1.165) is 61.2 Å². The van der Waals surface area contributed by atoms with Crippen LogP contribution in [0.2, 0.25) is 0 Å². The lowest BCUT2D eigenvalue weighted by atomic mass is 9.82. The molecule has 8 aromatic rings. The third kappa shape index (κ3) is 5.79. The van der Waals surface area contributed by atoms with Crippen molar-refractivity contribution in [1.29, 1.82) is 5.26 Å². The summed E-state index contributed by atoms with van der Waals surface area (Å²) in [5.74, 6) is 1.90. The predicted octanol–water partition coefficient (Wildman–Crippen LogP) is 12.1. The van der Waals surface area contributed by atoms with Crippen LogP contribution < -0.4 is 0 Å². The molecule has 0 atom stereocenters. The monoisotopic (exact) mass is 678 g/mol. The fourth-order valence-corrected chi connectivity index (χ4v) is 7.54. The Bertz CT molecular complexity index is 2650. The zero-order valence-electron chi connectivity index (χ0n) is 29.5. The van der Waals surface area contributed by atoms with Crippen molar-refractivity contribution in [3.63, 3.8) is 0 Å². The minimum absolute atomic E-state index is 0.147. The molecule has 1 aliphatic carbocycles. The van der Waals surface area contributed by atoms with Gasteiger partial charge in [0.2, 0.25) is 0 Å². The van der Waals surface area contributed by atoms with Gasteiger partial charge in [-0.2, -0.15) is 5.26 Å². The van der Waals surface area contributed by atoms with Crippen LogP contribution in [0, 0.1) is 11.3 Å². The summed E-state index contributed by atoms with van der Waals surface area (Å²) in [6.45, 7) is 4.48. The zero-order chi connectivity index (χ0) is 35.9. The summed E-state index contributed by atoms with van der Waals surface area (Å²) >= 11 is 0. The number of nitriles is 1. The number of benzene rings is 7. The molecular weight excluding hydrogens is 645 g/mol. The second-order valence-electron chi connectivity index (χ2n) is 14.0. The van der Waals surface area contributed by atoms with Gasteiger partial charge in [0, 0.05) is 27.7 Å². The van der Waals surface area contributed by atoms with Gasteiger partial charge < -0.3 is 0 Å². The highest BCUT2D eigenvalue weighted by Gasteiger charge is 2.36. The number of fused-ring (bicyclic) bond motifs is 3. The Morgan fingerprint density at radius 2 is 0.792 bits per heavy atom. The van der Waals surface area contributed by atoms with E-state index in [4.69, 9.17) is 15.0 Å². The van der Waals surface area contributed by atoms with Crippen molar-refractivity contribution >= 4 is 0 Å². The van der Waals surface area contributed by atoms with Crippen LogP contribution >= 0.6 is 0 Å². The largest absolute Gasteiger partial charge is 0.208 e. The van der Waals surface area contributed by atoms with Crippen molar-refractivity contribution in [1.82, 2.24) is 15.0 Å². The third-order valence-corrected chi connectivity index (χ3v) is 10.4. The number of hydrogen-bond donors (Lipinski definition) is 0. The van der Waals surface area contributed by atoms with E-state index < -0.39 is 0 Å². The fourth-order valence-electron chi connectivity index (χ4n) is 7.54. The molecule has 1 heterocycles. The zero-order valence-corrected chi connectivity index (χ0v) is 29.5. The third-order valence-electron chi connectivity index (χ3n) is 10.4. The Balaban J connectivity index is 1.01. The van der Waals surface area contributed by atoms with E-state index in [1.165, 1.54) is 16.7 Å². The molecule has 0 bridgehead atoms. The first-order valence-electron chi connectivity index (χ1n) is 17.8. The first-order valence-corrected chi connectivity index (χ1v) is 17.8. The first-order chi connectivity index (χ1) is 26.0. The van der Waals surface area contributed by atoms with Crippen LogP contribution in [0.3, 0.4) is 0 Å². The van der Waals surface area contributed by atoms with Crippen LogP contribution in [0.1, 0.15) is 30.5 Å². The van der Waals surface area contributed by atoms with Crippen LogP contribution in [0.5, 0.6) is 0 Å². The molecule has 1 aromatic heterocycles. The van der Waals surface area contributed by atoms with E-state index in [0.29, 0.717) is 17.5 Å². The molecule has 0 unspecified atom stereocenters. The summed E-state index contributed by atoms with van der Waals surface area (Å²) in [5, 5.41) is 9.91. The molecule has 0 radical (unpaired) electrons. The molecule has 0 fully saturated rings. The predicted molar refractivity (Wildman–Crippen MR) is 215 cm³/mol. The first kappa shape index (κ1) is 32.0. The summed E-state index contributed by atoms with van der Waals surface area (Å²) < 4.78 is 0. The van der Waals surface area contributed by atoms with Gasteiger partial charge in [-0.1, -0.05) is 172 Å². The number of hydrogen-bond acceptors (Lipinski definition) is 4. The van der Waals surface area contributed by atoms with Gasteiger partial charge in [-0.05, 0) is 62.2 Å². The normalized spacial score (nSPS) is 12.5. The second kappa shape index (κ2) is 13.0. The summed E-state index contributed by atoms with van der Waals surface area (Å²) in [4.78, 5) is 14.8. The quantitative estimate of drug-likeness (QED) is 0.176. The average Bonchev–Trinajstić information content (AvgIpc) is 3.47. The maximum Gasteiger partial charge on any atom is 0.164 e. The lowest BCUT2D eigenvalue weighted by molar-refractivity contribution is 0.660. The Morgan fingerprint density at radius 1 is 0.396 bits per heavy atom. The maximum absolute atomic E-state index is 9.91. The molecule has 4 nitrogen and oxygen atoms in total. The van der Waals surface area contributed by atoms with E-state index in [9.17, 15) is 5.26 Å². The Labute approximate surface area is 309 Å². The van der Waals surface area contributed by atoms with Gasteiger partial charge in [0.15, 0.2) is 17.5 Å². The Hall–Kier alpha value is -6.96. The molecule has 0 spiro atoms. The van der Waals surface area contributed by atoms with Crippen LogP contribution in [0.4, 0.5) is 0 Å². The molecule has 0 saturated heterocycles. The van der Waals surface area contributed by atoms with Gasteiger partial charge in [0.05, 0.1) is 11.6 Å². The van der Waals surface area contributed by atoms with Crippen molar-refractivity contribution in [3.05, 3.63) is 187 Å². The highest BCUT2D eigenvalue weighted by molar-refractivity contribution is 5.88. The smallest absolute Gasteiger partial charge is 0.164 e. The van der Waals surface area contributed by atoms with E-state index in [-0.39, 0.29) is 5.41 Å². The topological polar surface area (TPSA) is 62.5 Å². The van der Waals surface area contributed by atoms with Crippen molar-refractivity contribution in [3.8, 4) is 84.7 Å². The van der Waals surface area contributed by atoms with Gasteiger partial charge in [-0.3, -0.25) is 0 Å². The lowest BCUT2D eigenvalue weighted by Gasteiger charge is -2.21. The summed E-state index contributed by atoms with van der Waals surface area (Å²) in [6.07, 6.45) is 0. The minimum Gasteiger partial charge on any atom is -0.208 e.